The predicted molar refractivity (Wildman–Crippen MR) is 77.7 cm³/mol. The van der Waals surface area contributed by atoms with Crippen molar-refractivity contribution in [1.82, 2.24) is 0 Å². The lowest BCUT2D eigenvalue weighted by Crippen LogP contribution is -2.01. The first-order chi connectivity index (χ1) is 9.56. The van der Waals surface area contributed by atoms with Crippen LogP contribution in [0.3, 0.4) is 0 Å². The van der Waals surface area contributed by atoms with E-state index in [-0.39, 0.29) is 5.75 Å². The summed E-state index contributed by atoms with van der Waals surface area (Å²) in [5.41, 5.74) is 1.23. The van der Waals surface area contributed by atoms with Gasteiger partial charge in [-0.15, -0.1) is 0 Å². The van der Waals surface area contributed by atoms with Crippen molar-refractivity contribution < 1.29 is 19.0 Å². The minimum Gasteiger partial charge on any atom is -0.496 e. The molecule has 106 valence electrons. The summed E-state index contributed by atoms with van der Waals surface area (Å²) >= 11 is 3.37. The van der Waals surface area contributed by atoms with E-state index in [2.05, 4.69) is 15.9 Å². The van der Waals surface area contributed by atoms with Crippen molar-refractivity contribution in [2.75, 3.05) is 14.2 Å². The second-order valence-corrected chi connectivity index (χ2v) is 5.04. The Morgan fingerprint density at radius 1 is 1.00 bits per heavy atom. The van der Waals surface area contributed by atoms with Crippen LogP contribution in [0.4, 0.5) is 4.39 Å². The fraction of sp³-hybridized carbons (Fsp3) is 0.200. The number of hydrogen-bond acceptors (Lipinski definition) is 3. The normalized spacial score (nSPS) is 12.1. The molecule has 0 aliphatic carbocycles. The maximum Gasteiger partial charge on any atom is 0.165 e. The van der Waals surface area contributed by atoms with Crippen LogP contribution in [0, 0.1) is 5.82 Å². The van der Waals surface area contributed by atoms with Crippen LogP contribution in [-0.2, 0) is 0 Å². The molecule has 0 spiro atoms. The molecule has 0 aromatic heterocycles. The highest BCUT2D eigenvalue weighted by Gasteiger charge is 2.14. The summed E-state index contributed by atoms with van der Waals surface area (Å²) in [7, 11) is 2.96. The summed E-state index contributed by atoms with van der Waals surface area (Å²) in [6, 6.07) is 9.56. The average Bonchev–Trinajstić information content (AvgIpc) is 2.47. The van der Waals surface area contributed by atoms with E-state index in [9.17, 15) is 9.50 Å². The van der Waals surface area contributed by atoms with E-state index in [4.69, 9.17) is 9.47 Å². The van der Waals surface area contributed by atoms with Crippen molar-refractivity contribution in [3.05, 3.63) is 57.8 Å². The number of aliphatic hydroxyl groups excluding tert-OH is 1. The van der Waals surface area contributed by atoms with Gasteiger partial charge in [-0.3, -0.25) is 0 Å². The van der Waals surface area contributed by atoms with Crippen LogP contribution in [0.1, 0.15) is 17.2 Å². The largest absolute Gasteiger partial charge is 0.496 e. The van der Waals surface area contributed by atoms with E-state index in [1.807, 2.05) is 0 Å². The molecule has 0 saturated carbocycles. The molecule has 0 bridgehead atoms. The molecule has 1 N–H and O–H groups in total. The minimum atomic E-state index is -0.869. The molecule has 0 amide bonds. The summed E-state index contributed by atoms with van der Waals surface area (Å²) in [6.07, 6.45) is -0.869. The van der Waals surface area contributed by atoms with Gasteiger partial charge in [0.25, 0.3) is 0 Å². The van der Waals surface area contributed by atoms with Gasteiger partial charge in [0.1, 0.15) is 11.9 Å². The second-order valence-electron chi connectivity index (χ2n) is 4.19. The van der Waals surface area contributed by atoms with Crippen LogP contribution in [0.15, 0.2) is 40.9 Å². The van der Waals surface area contributed by atoms with Gasteiger partial charge in [0, 0.05) is 0 Å². The van der Waals surface area contributed by atoms with Crippen LogP contribution in [0.25, 0.3) is 0 Å². The first kappa shape index (κ1) is 14.8. The number of benzene rings is 2. The zero-order valence-electron chi connectivity index (χ0n) is 11.1. The van der Waals surface area contributed by atoms with Gasteiger partial charge in [0.2, 0.25) is 0 Å². The lowest BCUT2D eigenvalue weighted by atomic mass is 10.0. The fourth-order valence-electron chi connectivity index (χ4n) is 1.89. The zero-order chi connectivity index (χ0) is 14.7. The van der Waals surface area contributed by atoms with Gasteiger partial charge in [-0.2, -0.15) is 0 Å². The Labute approximate surface area is 125 Å². The summed E-state index contributed by atoms with van der Waals surface area (Å²) < 4.78 is 24.2. The maximum absolute atomic E-state index is 13.4. The van der Waals surface area contributed by atoms with E-state index in [1.54, 1.807) is 25.3 Å². The molecule has 2 rings (SSSR count). The smallest absolute Gasteiger partial charge is 0.165 e. The molecule has 1 unspecified atom stereocenters. The minimum absolute atomic E-state index is 0.106. The number of aliphatic hydroxyl groups is 1. The van der Waals surface area contributed by atoms with Crippen LogP contribution in [0.5, 0.6) is 11.5 Å². The molecule has 2 aromatic rings. The molecule has 3 nitrogen and oxygen atoms in total. The zero-order valence-corrected chi connectivity index (χ0v) is 12.6. The van der Waals surface area contributed by atoms with E-state index in [0.717, 1.165) is 4.47 Å². The summed E-state index contributed by atoms with van der Waals surface area (Å²) in [6.45, 7) is 0. The average molecular weight is 341 g/mol. The maximum atomic E-state index is 13.4. The predicted octanol–water partition coefficient (Wildman–Crippen LogP) is 3.69. The summed E-state index contributed by atoms with van der Waals surface area (Å²) in [5, 5.41) is 10.4. The van der Waals surface area contributed by atoms with Crippen LogP contribution in [0.2, 0.25) is 0 Å². The molecule has 0 aliphatic rings. The molecule has 1 atom stereocenters. The summed E-state index contributed by atoms with van der Waals surface area (Å²) in [5.74, 6) is 0.325. The summed E-state index contributed by atoms with van der Waals surface area (Å²) in [4.78, 5) is 0. The van der Waals surface area contributed by atoms with Crippen LogP contribution >= 0.6 is 15.9 Å². The third-order valence-electron chi connectivity index (χ3n) is 2.98. The highest BCUT2D eigenvalue weighted by molar-refractivity contribution is 9.10. The monoisotopic (exact) mass is 340 g/mol. The standard InChI is InChI=1S/C15H14BrFO3/c1-19-13-6-4-9(7-11(13)16)15(18)10-3-5-12(17)14(8-10)20-2/h3-8,15,18H,1-2H3. The number of hydrogen-bond donors (Lipinski definition) is 1. The Morgan fingerprint density at radius 3 is 2.20 bits per heavy atom. The number of ether oxygens (including phenoxy) is 2. The van der Waals surface area contributed by atoms with Crippen molar-refractivity contribution in [2.24, 2.45) is 0 Å². The third kappa shape index (κ3) is 2.94. The Bertz CT molecular complexity index is 616. The van der Waals surface area contributed by atoms with E-state index >= 15 is 0 Å². The molecule has 20 heavy (non-hydrogen) atoms. The SMILES string of the molecule is COc1cc(C(O)c2ccc(OC)c(Br)c2)ccc1F. The fourth-order valence-corrected chi connectivity index (χ4v) is 2.45. The lowest BCUT2D eigenvalue weighted by Gasteiger charge is -2.14. The molecule has 0 fully saturated rings. The van der Waals surface area contributed by atoms with Gasteiger partial charge >= 0.3 is 0 Å². The second kappa shape index (κ2) is 6.24. The van der Waals surface area contributed by atoms with E-state index in [1.165, 1.54) is 25.3 Å². The third-order valence-corrected chi connectivity index (χ3v) is 3.60. The van der Waals surface area contributed by atoms with Gasteiger partial charge < -0.3 is 14.6 Å². The van der Waals surface area contributed by atoms with Crippen LogP contribution in [-0.4, -0.2) is 19.3 Å². The van der Waals surface area contributed by atoms with E-state index < -0.39 is 11.9 Å². The topological polar surface area (TPSA) is 38.7 Å². The van der Waals surface area contributed by atoms with Crippen molar-refractivity contribution in [3.63, 3.8) is 0 Å². The first-order valence-corrected chi connectivity index (χ1v) is 6.71. The van der Waals surface area contributed by atoms with Gasteiger partial charge in [-0.1, -0.05) is 12.1 Å². The van der Waals surface area contributed by atoms with E-state index in [0.29, 0.717) is 16.9 Å². The van der Waals surface area contributed by atoms with Gasteiger partial charge in [-0.25, -0.2) is 4.39 Å². The molecular formula is C15H14BrFO3. The Balaban J connectivity index is 2.35. The van der Waals surface area contributed by atoms with Gasteiger partial charge in [-0.05, 0) is 51.3 Å². The van der Waals surface area contributed by atoms with Crippen molar-refractivity contribution in [3.8, 4) is 11.5 Å². The number of halogens is 2. The molecule has 0 heterocycles. The molecular weight excluding hydrogens is 327 g/mol. The van der Waals surface area contributed by atoms with Gasteiger partial charge in [0.15, 0.2) is 11.6 Å². The Morgan fingerprint density at radius 2 is 1.60 bits per heavy atom. The molecule has 0 aliphatic heterocycles. The van der Waals surface area contributed by atoms with Crippen molar-refractivity contribution >= 4 is 15.9 Å². The Kier molecular flexibility index (Phi) is 4.62. The molecule has 2 aromatic carbocycles. The van der Waals surface area contributed by atoms with Crippen molar-refractivity contribution in [1.29, 1.82) is 0 Å². The number of rotatable bonds is 4. The molecule has 5 heteroatoms. The van der Waals surface area contributed by atoms with Crippen LogP contribution < -0.4 is 9.47 Å². The highest BCUT2D eigenvalue weighted by Crippen LogP contribution is 2.32. The quantitative estimate of drug-likeness (QED) is 0.922. The lowest BCUT2D eigenvalue weighted by molar-refractivity contribution is 0.219. The van der Waals surface area contributed by atoms with Gasteiger partial charge in [0.05, 0.1) is 18.7 Å². The molecule has 0 saturated heterocycles. The van der Waals surface area contributed by atoms with Crippen molar-refractivity contribution in [2.45, 2.75) is 6.10 Å². The first-order valence-electron chi connectivity index (χ1n) is 5.91. The molecule has 0 radical (unpaired) electrons. The number of methoxy groups -OCH3 is 2. The Hall–Kier alpha value is -1.59. The highest BCUT2D eigenvalue weighted by atomic mass is 79.9.